The van der Waals surface area contributed by atoms with E-state index in [2.05, 4.69) is 29.4 Å². The van der Waals surface area contributed by atoms with E-state index >= 15 is 0 Å². The molecular formula is C28H38N4O2. The molecule has 34 heavy (non-hydrogen) atoms. The summed E-state index contributed by atoms with van der Waals surface area (Å²) in [4.78, 5) is 32.1. The van der Waals surface area contributed by atoms with Crippen LogP contribution in [0.5, 0.6) is 0 Å². The van der Waals surface area contributed by atoms with E-state index in [9.17, 15) is 9.59 Å². The molecule has 0 bridgehead atoms. The maximum absolute atomic E-state index is 13.7. The quantitative estimate of drug-likeness (QED) is 0.404. The molecule has 2 aromatic rings. The minimum atomic E-state index is -0.214. The second kappa shape index (κ2) is 12.7. The molecule has 6 heteroatoms. The highest BCUT2D eigenvalue weighted by atomic mass is 16.2. The van der Waals surface area contributed by atoms with E-state index in [0.717, 1.165) is 16.8 Å². The second-order valence-electron chi connectivity index (χ2n) is 8.45. The first-order valence-electron chi connectivity index (χ1n) is 11.8. The molecular weight excluding hydrogens is 424 g/mol. The third kappa shape index (κ3) is 6.34. The maximum atomic E-state index is 13.7. The van der Waals surface area contributed by atoms with Gasteiger partial charge in [0.05, 0.1) is 11.3 Å². The fraction of sp³-hybridized carbons (Fsp3) is 0.393. The Morgan fingerprint density at radius 2 is 1.79 bits per heavy atom. The molecule has 0 saturated carbocycles. The van der Waals surface area contributed by atoms with Crippen molar-refractivity contribution in [2.45, 2.75) is 53.0 Å². The SMILES string of the molecule is CC=NC(=CC)C(=O)NCCC(C(C)c1ccccc1)N(C)C(=O)C(=CC)c1c(C)ccn1C. The van der Waals surface area contributed by atoms with Crippen molar-refractivity contribution in [3.05, 3.63) is 77.3 Å². The van der Waals surface area contributed by atoms with Crippen LogP contribution in [-0.2, 0) is 16.6 Å². The van der Waals surface area contributed by atoms with Gasteiger partial charge in [-0.2, -0.15) is 0 Å². The number of hydrogen-bond acceptors (Lipinski definition) is 3. The Morgan fingerprint density at radius 1 is 1.12 bits per heavy atom. The van der Waals surface area contributed by atoms with E-state index in [1.807, 2.05) is 73.9 Å². The molecule has 6 nitrogen and oxygen atoms in total. The highest BCUT2D eigenvalue weighted by Crippen LogP contribution is 2.28. The van der Waals surface area contributed by atoms with Gasteiger partial charge in [-0.15, -0.1) is 0 Å². The first-order chi connectivity index (χ1) is 16.3. The monoisotopic (exact) mass is 462 g/mol. The highest BCUT2D eigenvalue weighted by molar-refractivity contribution is 6.19. The zero-order valence-corrected chi connectivity index (χ0v) is 21.5. The standard InChI is InChI=1S/C28H38N4O2/c1-8-23(26-20(4)17-19-31(26)6)28(34)32(7)25(21(5)22-14-12-11-13-15-22)16-18-30-27(33)24(9-2)29-10-3/h8-15,17,19,21,25H,16,18H2,1-7H3,(H,30,33). The summed E-state index contributed by atoms with van der Waals surface area (Å²) in [5, 5.41) is 2.96. The van der Waals surface area contributed by atoms with Crippen molar-refractivity contribution in [2.24, 2.45) is 12.0 Å². The van der Waals surface area contributed by atoms with Crippen molar-refractivity contribution in [3.8, 4) is 0 Å². The van der Waals surface area contributed by atoms with Crippen LogP contribution in [0, 0.1) is 6.92 Å². The predicted octanol–water partition coefficient (Wildman–Crippen LogP) is 4.87. The Labute approximate surface area is 204 Å². The summed E-state index contributed by atoms with van der Waals surface area (Å²) in [5.41, 5.74) is 4.20. The molecule has 0 spiro atoms. The van der Waals surface area contributed by atoms with Crippen molar-refractivity contribution in [2.75, 3.05) is 13.6 Å². The van der Waals surface area contributed by atoms with Crippen molar-refractivity contribution in [3.63, 3.8) is 0 Å². The molecule has 0 fully saturated rings. The van der Waals surface area contributed by atoms with Gasteiger partial charge < -0.3 is 14.8 Å². The van der Waals surface area contributed by atoms with Gasteiger partial charge in [-0.3, -0.25) is 14.6 Å². The first-order valence-corrected chi connectivity index (χ1v) is 11.8. The fourth-order valence-corrected chi connectivity index (χ4v) is 4.35. The van der Waals surface area contributed by atoms with E-state index < -0.39 is 0 Å². The number of aryl methyl sites for hydroxylation is 2. The van der Waals surface area contributed by atoms with Crippen LogP contribution in [0.1, 0.15) is 56.9 Å². The van der Waals surface area contributed by atoms with E-state index in [0.29, 0.717) is 24.2 Å². The Balaban J connectivity index is 2.29. The molecule has 0 aliphatic heterocycles. The van der Waals surface area contributed by atoms with Crippen LogP contribution in [-0.4, -0.2) is 47.1 Å². The van der Waals surface area contributed by atoms with E-state index in [4.69, 9.17) is 0 Å². The largest absolute Gasteiger partial charge is 0.351 e. The summed E-state index contributed by atoms with van der Waals surface area (Å²) in [7, 11) is 3.81. The first kappa shape index (κ1) is 26.8. The van der Waals surface area contributed by atoms with Crippen LogP contribution in [0.15, 0.2) is 65.4 Å². The topological polar surface area (TPSA) is 66.7 Å². The van der Waals surface area contributed by atoms with E-state index in [1.54, 1.807) is 26.1 Å². The van der Waals surface area contributed by atoms with Crippen LogP contribution < -0.4 is 5.32 Å². The van der Waals surface area contributed by atoms with Gasteiger partial charge in [0.15, 0.2) is 0 Å². The summed E-state index contributed by atoms with van der Waals surface area (Å²) >= 11 is 0. The number of nitrogens with zero attached hydrogens (tertiary/aromatic N) is 3. The third-order valence-electron chi connectivity index (χ3n) is 6.27. The van der Waals surface area contributed by atoms with Crippen molar-refractivity contribution >= 4 is 23.6 Å². The molecule has 0 aliphatic carbocycles. The lowest BCUT2D eigenvalue weighted by Gasteiger charge is -2.34. The number of allylic oxidation sites excluding steroid dienone is 2. The maximum Gasteiger partial charge on any atom is 0.269 e. The van der Waals surface area contributed by atoms with Crippen LogP contribution >= 0.6 is 0 Å². The third-order valence-corrected chi connectivity index (χ3v) is 6.27. The molecule has 1 aromatic carbocycles. The van der Waals surface area contributed by atoms with Crippen LogP contribution in [0.2, 0.25) is 0 Å². The van der Waals surface area contributed by atoms with Gasteiger partial charge in [-0.1, -0.05) is 49.4 Å². The lowest BCUT2D eigenvalue weighted by Crippen LogP contribution is -2.43. The molecule has 2 atom stereocenters. The van der Waals surface area contributed by atoms with Crippen molar-refractivity contribution in [1.82, 2.24) is 14.8 Å². The highest BCUT2D eigenvalue weighted by Gasteiger charge is 2.29. The zero-order chi connectivity index (χ0) is 25.3. The fourth-order valence-electron chi connectivity index (χ4n) is 4.35. The van der Waals surface area contributed by atoms with Gasteiger partial charge in [-0.25, -0.2) is 0 Å². The molecule has 1 N–H and O–H groups in total. The van der Waals surface area contributed by atoms with Crippen molar-refractivity contribution in [1.29, 1.82) is 0 Å². The average Bonchev–Trinajstić information content (AvgIpc) is 3.18. The second-order valence-corrected chi connectivity index (χ2v) is 8.45. The molecule has 1 aromatic heterocycles. The number of carbonyl (C=O) groups is 2. The molecule has 182 valence electrons. The number of carbonyl (C=O) groups excluding carboxylic acids is 2. The Hall–Kier alpha value is -3.41. The minimum absolute atomic E-state index is 0.0313. The summed E-state index contributed by atoms with van der Waals surface area (Å²) in [5.74, 6) is -0.167. The molecule has 0 radical (unpaired) electrons. The van der Waals surface area contributed by atoms with Crippen LogP contribution in [0.3, 0.4) is 0 Å². The van der Waals surface area contributed by atoms with Gasteiger partial charge in [0, 0.05) is 45.0 Å². The Bertz CT molecular complexity index is 1040. The predicted molar refractivity (Wildman–Crippen MR) is 141 cm³/mol. The Kier molecular flexibility index (Phi) is 10.0. The number of aromatic nitrogens is 1. The number of amides is 2. The number of nitrogens with one attached hydrogen (secondary N) is 1. The lowest BCUT2D eigenvalue weighted by atomic mass is 9.89. The van der Waals surface area contributed by atoms with Gasteiger partial charge >= 0.3 is 0 Å². The molecule has 2 unspecified atom stereocenters. The average molecular weight is 463 g/mol. The molecule has 1 heterocycles. The summed E-state index contributed by atoms with van der Waals surface area (Å²) in [6, 6.07) is 12.1. The van der Waals surface area contributed by atoms with Crippen LogP contribution in [0.25, 0.3) is 5.57 Å². The number of benzene rings is 1. The van der Waals surface area contributed by atoms with Gasteiger partial charge in [0.25, 0.3) is 11.8 Å². The zero-order valence-electron chi connectivity index (χ0n) is 21.5. The number of rotatable bonds is 10. The number of hydrogen-bond donors (Lipinski definition) is 1. The molecule has 0 aliphatic rings. The number of aliphatic imine (C=N–C) groups is 1. The summed E-state index contributed by atoms with van der Waals surface area (Å²) in [6.45, 7) is 10.1. The smallest absolute Gasteiger partial charge is 0.269 e. The van der Waals surface area contributed by atoms with E-state index in [1.165, 1.54) is 0 Å². The van der Waals surface area contributed by atoms with Gasteiger partial charge in [0.1, 0.15) is 5.70 Å². The summed E-state index contributed by atoms with van der Waals surface area (Å²) in [6.07, 6.45) is 7.76. The van der Waals surface area contributed by atoms with Gasteiger partial charge in [-0.05, 0) is 51.3 Å². The normalized spacial score (nSPS) is 14.2. The Morgan fingerprint density at radius 3 is 2.32 bits per heavy atom. The van der Waals surface area contributed by atoms with E-state index in [-0.39, 0.29) is 23.8 Å². The minimum Gasteiger partial charge on any atom is -0.351 e. The lowest BCUT2D eigenvalue weighted by molar-refractivity contribution is -0.126. The number of likely N-dealkylation sites (N-methyl/N-ethyl adjacent to an activating group) is 1. The molecule has 0 saturated heterocycles. The van der Waals surface area contributed by atoms with Gasteiger partial charge in [0.2, 0.25) is 0 Å². The van der Waals surface area contributed by atoms with Crippen molar-refractivity contribution < 1.29 is 9.59 Å². The van der Waals surface area contributed by atoms with Crippen LogP contribution in [0.4, 0.5) is 0 Å². The molecule has 2 amide bonds. The summed E-state index contributed by atoms with van der Waals surface area (Å²) < 4.78 is 1.99. The molecule has 2 rings (SSSR count).